The van der Waals surface area contributed by atoms with Crippen LogP contribution in [-0.4, -0.2) is 49.8 Å². The predicted molar refractivity (Wildman–Crippen MR) is 80.5 cm³/mol. The highest BCUT2D eigenvalue weighted by atomic mass is 79.9. The van der Waals surface area contributed by atoms with Crippen molar-refractivity contribution in [3.05, 3.63) is 26.9 Å². The van der Waals surface area contributed by atoms with Crippen LogP contribution in [-0.2, 0) is 4.74 Å². The van der Waals surface area contributed by atoms with Gasteiger partial charge in [0.1, 0.15) is 18.3 Å². The van der Waals surface area contributed by atoms with Crippen molar-refractivity contribution in [2.75, 3.05) is 6.61 Å². The molecule has 6 nitrogen and oxygen atoms in total. The van der Waals surface area contributed by atoms with E-state index in [0.717, 1.165) is 0 Å². The third kappa shape index (κ3) is 2.46. The molecule has 21 heavy (non-hydrogen) atoms. The average molecular weight is 398 g/mol. The first-order valence-electron chi connectivity index (χ1n) is 6.09. The van der Waals surface area contributed by atoms with E-state index in [9.17, 15) is 10.2 Å². The molecular formula is C12H11BrCl2N2O4. The van der Waals surface area contributed by atoms with Crippen molar-refractivity contribution in [3.63, 3.8) is 0 Å². The van der Waals surface area contributed by atoms with E-state index in [1.54, 1.807) is 16.7 Å². The molecule has 1 saturated heterocycles. The third-order valence-corrected chi connectivity index (χ3v) is 4.74. The first-order chi connectivity index (χ1) is 9.93. The molecule has 1 fully saturated rings. The number of aliphatic hydroxyl groups is 3. The summed E-state index contributed by atoms with van der Waals surface area (Å²) in [5.74, 6) is 0. The molecule has 0 saturated carbocycles. The maximum atomic E-state index is 10.1. The highest BCUT2D eigenvalue weighted by molar-refractivity contribution is 9.10. The summed E-state index contributed by atoms with van der Waals surface area (Å²) in [6, 6.07) is 3.20. The minimum atomic E-state index is -1.20. The number of ether oxygens (including phenoxy) is 1. The number of hydrogen-bond donors (Lipinski definition) is 3. The van der Waals surface area contributed by atoms with Crippen molar-refractivity contribution in [1.82, 2.24) is 9.55 Å². The fraction of sp³-hybridized carbons (Fsp3) is 0.417. The van der Waals surface area contributed by atoms with Gasteiger partial charge >= 0.3 is 0 Å². The second-order valence-corrected chi connectivity index (χ2v) is 6.26. The van der Waals surface area contributed by atoms with Gasteiger partial charge in [-0.15, -0.1) is 0 Å². The number of halogens is 3. The zero-order valence-corrected chi connectivity index (χ0v) is 13.5. The normalized spacial score (nSPS) is 29.4. The molecule has 2 aromatic rings. The molecule has 4 atom stereocenters. The average Bonchev–Trinajstić information content (AvgIpc) is 2.89. The Morgan fingerprint density at radius 3 is 2.52 bits per heavy atom. The van der Waals surface area contributed by atoms with Gasteiger partial charge in [-0.2, -0.15) is 0 Å². The SMILES string of the molecule is OC[C@@H]1O[C@@H](n2c(Br)nc3cc(Cl)c(Cl)cc32)[C@H](O)[C@@H]1O. The number of nitrogens with zero attached hydrogens (tertiary/aromatic N) is 2. The van der Waals surface area contributed by atoms with Crippen LogP contribution in [0.4, 0.5) is 0 Å². The topological polar surface area (TPSA) is 87.7 Å². The van der Waals surface area contributed by atoms with E-state index in [-0.39, 0.29) is 0 Å². The standard InChI is InChI=1S/C12H11BrCl2N2O4/c13-12-16-6-1-4(14)5(15)2-7(6)17(12)11-10(20)9(19)8(3-18)21-11/h1-2,8-11,18-20H,3H2/t8-,9+,10+,11+/m0/s1. The summed E-state index contributed by atoms with van der Waals surface area (Å²) in [6.45, 7) is -0.397. The summed E-state index contributed by atoms with van der Waals surface area (Å²) >= 11 is 15.3. The maximum Gasteiger partial charge on any atom is 0.180 e. The second kappa shape index (κ2) is 5.66. The van der Waals surface area contributed by atoms with E-state index >= 15 is 0 Å². The van der Waals surface area contributed by atoms with E-state index in [1.165, 1.54) is 0 Å². The minimum absolute atomic E-state index is 0.338. The molecule has 1 aromatic carbocycles. The fourth-order valence-electron chi connectivity index (χ4n) is 2.40. The van der Waals surface area contributed by atoms with E-state index < -0.39 is 31.1 Å². The van der Waals surface area contributed by atoms with Gasteiger partial charge in [0.05, 0.1) is 27.7 Å². The molecule has 3 N–H and O–H groups in total. The molecule has 0 bridgehead atoms. The van der Waals surface area contributed by atoms with Gasteiger partial charge in [0.2, 0.25) is 0 Å². The van der Waals surface area contributed by atoms with Crippen LogP contribution in [0.1, 0.15) is 6.23 Å². The number of rotatable bonds is 2. The number of hydrogen-bond acceptors (Lipinski definition) is 5. The monoisotopic (exact) mass is 396 g/mol. The number of fused-ring (bicyclic) bond motifs is 1. The van der Waals surface area contributed by atoms with Gasteiger partial charge in [-0.25, -0.2) is 4.98 Å². The van der Waals surface area contributed by atoms with Crippen molar-refractivity contribution >= 4 is 50.2 Å². The van der Waals surface area contributed by atoms with Crippen molar-refractivity contribution in [3.8, 4) is 0 Å². The molecule has 0 amide bonds. The molecule has 0 radical (unpaired) electrons. The number of imidazole rings is 1. The molecule has 3 rings (SSSR count). The summed E-state index contributed by atoms with van der Waals surface area (Å²) in [4.78, 5) is 4.27. The smallest absolute Gasteiger partial charge is 0.180 e. The lowest BCUT2D eigenvalue weighted by Crippen LogP contribution is -2.33. The van der Waals surface area contributed by atoms with Crippen molar-refractivity contribution in [1.29, 1.82) is 0 Å². The molecule has 1 aliphatic rings. The Kier molecular flexibility index (Phi) is 4.17. The number of benzene rings is 1. The van der Waals surface area contributed by atoms with Crippen LogP contribution in [0.2, 0.25) is 10.0 Å². The van der Waals surface area contributed by atoms with Crippen LogP contribution in [0.5, 0.6) is 0 Å². The lowest BCUT2D eigenvalue weighted by atomic mass is 10.1. The zero-order chi connectivity index (χ0) is 15.3. The highest BCUT2D eigenvalue weighted by Crippen LogP contribution is 2.37. The van der Waals surface area contributed by atoms with Crippen LogP contribution < -0.4 is 0 Å². The maximum absolute atomic E-state index is 10.1. The predicted octanol–water partition coefficient (Wildman–Crippen LogP) is 1.72. The van der Waals surface area contributed by atoms with Crippen LogP contribution in [0.3, 0.4) is 0 Å². The molecule has 0 spiro atoms. The molecule has 0 aliphatic carbocycles. The van der Waals surface area contributed by atoms with Crippen molar-refractivity contribution < 1.29 is 20.1 Å². The van der Waals surface area contributed by atoms with Crippen LogP contribution >= 0.6 is 39.1 Å². The van der Waals surface area contributed by atoms with Gasteiger partial charge in [-0.3, -0.25) is 4.57 Å². The Morgan fingerprint density at radius 1 is 1.24 bits per heavy atom. The lowest BCUT2D eigenvalue weighted by Gasteiger charge is -2.18. The summed E-state index contributed by atoms with van der Waals surface area (Å²) in [5.41, 5.74) is 1.15. The quantitative estimate of drug-likeness (QED) is 0.718. The van der Waals surface area contributed by atoms with E-state index in [4.69, 9.17) is 33.0 Å². The number of aromatic nitrogens is 2. The molecule has 9 heteroatoms. The first-order valence-corrected chi connectivity index (χ1v) is 7.64. The molecule has 0 unspecified atom stereocenters. The minimum Gasteiger partial charge on any atom is -0.394 e. The van der Waals surface area contributed by atoms with Gasteiger partial charge in [-0.05, 0) is 28.1 Å². The molecular weight excluding hydrogens is 387 g/mol. The largest absolute Gasteiger partial charge is 0.394 e. The fourth-order valence-corrected chi connectivity index (χ4v) is 3.30. The Balaban J connectivity index is 2.12. The highest BCUT2D eigenvalue weighted by Gasteiger charge is 2.44. The van der Waals surface area contributed by atoms with Crippen molar-refractivity contribution in [2.45, 2.75) is 24.5 Å². The summed E-state index contributed by atoms with van der Waals surface area (Å²) in [5, 5.41) is 29.8. The van der Waals surface area contributed by atoms with Crippen LogP contribution in [0, 0.1) is 0 Å². The van der Waals surface area contributed by atoms with E-state index in [2.05, 4.69) is 20.9 Å². The van der Waals surface area contributed by atoms with Gasteiger partial charge in [-0.1, -0.05) is 23.2 Å². The third-order valence-electron chi connectivity index (χ3n) is 3.46. The molecule has 114 valence electrons. The van der Waals surface area contributed by atoms with Gasteiger partial charge < -0.3 is 20.1 Å². The molecule has 2 heterocycles. The summed E-state index contributed by atoms with van der Waals surface area (Å²) in [6.07, 6.45) is -4.15. The number of aliphatic hydroxyl groups excluding tert-OH is 3. The Morgan fingerprint density at radius 2 is 1.90 bits per heavy atom. The lowest BCUT2D eigenvalue weighted by molar-refractivity contribution is -0.0518. The van der Waals surface area contributed by atoms with E-state index in [1.807, 2.05) is 0 Å². The molecule has 1 aliphatic heterocycles. The van der Waals surface area contributed by atoms with Gasteiger partial charge in [0.15, 0.2) is 11.0 Å². The van der Waals surface area contributed by atoms with Gasteiger partial charge in [0, 0.05) is 0 Å². The zero-order valence-electron chi connectivity index (χ0n) is 10.4. The van der Waals surface area contributed by atoms with Crippen LogP contribution in [0.25, 0.3) is 11.0 Å². The molecule has 1 aromatic heterocycles. The van der Waals surface area contributed by atoms with E-state index in [0.29, 0.717) is 25.8 Å². The van der Waals surface area contributed by atoms with Gasteiger partial charge in [0.25, 0.3) is 0 Å². The van der Waals surface area contributed by atoms with Crippen LogP contribution in [0.15, 0.2) is 16.9 Å². The second-order valence-electron chi connectivity index (χ2n) is 4.73. The first kappa shape index (κ1) is 15.5. The summed E-state index contributed by atoms with van der Waals surface area (Å²) in [7, 11) is 0. The van der Waals surface area contributed by atoms with Crippen molar-refractivity contribution in [2.24, 2.45) is 0 Å². The summed E-state index contributed by atoms with van der Waals surface area (Å²) < 4.78 is 7.46. The Hall–Kier alpha value is -0.410. The Labute approximate surface area is 138 Å². The Bertz CT molecular complexity index is 695.